The van der Waals surface area contributed by atoms with Crippen molar-refractivity contribution in [2.24, 2.45) is 5.73 Å². The third kappa shape index (κ3) is 7.01. The molecule has 3 N–H and O–H groups in total. The van der Waals surface area contributed by atoms with Crippen LogP contribution in [-0.4, -0.2) is 67.3 Å². The molecule has 35 heavy (non-hydrogen) atoms. The average molecular weight is 489 g/mol. The maximum absolute atomic E-state index is 15.1. The molecule has 2 saturated heterocycles. The number of carbonyl (C=O) groups is 1. The number of hydrogen-bond donors (Lipinski definition) is 2. The molecule has 1 aromatic heterocycles. The minimum absolute atomic E-state index is 0. The third-order valence-corrected chi connectivity index (χ3v) is 5.82. The fourth-order valence-electron chi connectivity index (χ4n) is 3.97. The highest BCUT2D eigenvalue weighted by atomic mass is 19.1. The second kappa shape index (κ2) is 12.3. The lowest BCUT2D eigenvalue weighted by atomic mass is 10.1. The molecule has 0 amide bonds. The van der Waals surface area contributed by atoms with Crippen molar-refractivity contribution in [3.05, 3.63) is 42.0 Å². The molecule has 0 unspecified atom stereocenters. The number of esters is 1. The van der Waals surface area contributed by atoms with E-state index in [1.807, 2.05) is 4.90 Å². The number of rotatable bonds is 8. The highest BCUT2D eigenvalue weighted by Gasteiger charge is 2.22. The Balaban J connectivity index is 0.00000342. The van der Waals surface area contributed by atoms with Gasteiger partial charge in [0, 0.05) is 44.6 Å². The summed E-state index contributed by atoms with van der Waals surface area (Å²) in [5.41, 5.74) is 6.84. The Labute approximate surface area is 204 Å². The maximum Gasteiger partial charge on any atom is 0.316 e. The van der Waals surface area contributed by atoms with Crippen LogP contribution in [0.3, 0.4) is 0 Å². The van der Waals surface area contributed by atoms with E-state index in [1.54, 1.807) is 30.6 Å². The van der Waals surface area contributed by atoms with Crippen molar-refractivity contribution in [1.82, 2.24) is 9.97 Å². The van der Waals surface area contributed by atoms with Crippen LogP contribution < -0.4 is 20.3 Å². The lowest BCUT2D eigenvalue weighted by molar-refractivity contribution is -0.143. The van der Waals surface area contributed by atoms with Gasteiger partial charge in [-0.15, -0.1) is 0 Å². The van der Waals surface area contributed by atoms with E-state index in [4.69, 9.17) is 25.4 Å². The molecule has 10 nitrogen and oxygen atoms in total. The molecule has 1 aromatic carbocycles. The van der Waals surface area contributed by atoms with E-state index >= 15 is 4.39 Å². The number of nitrogens with two attached hydrogens (primary N) is 1. The molecule has 0 atom stereocenters. The number of ether oxygens (including phenoxy) is 3. The third-order valence-electron chi connectivity index (χ3n) is 5.82. The molecule has 11 heteroatoms. The van der Waals surface area contributed by atoms with Crippen molar-refractivity contribution in [1.29, 1.82) is 5.41 Å². The van der Waals surface area contributed by atoms with Crippen molar-refractivity contribution in [3.63, 3.8) is 0 Å². The van der Waals surface area contributed by atoms with Crippen LogP contribution in [0.5, 0.6) is 6.01 Å². The fraction of sp³-hybridized carbons (Fsp3) is 0.500. The molecule has 2 fully saturated rings. The molecule has 2 aromatic rings. The Bertz CT molecular complexity index is 992. The van der Waals surface area contributed by atoms with Crippen LogP contribution in [0.4, 0.5) is 15.8 Å². The van der Waals surface area contributed by atoms with Gasteiger partial charge in [-0.25, -0.2) is 14.4 Å². The summed E-state index contributed by atoms with van der Waals surface area (Å²) < 4.78 is 31.3. The zero-order valence-corrected chi connectivity index (χ0v) is 18.9. The second-order valence-corrected chi connectivity index (χ2v) is 8.24. The molecule has 0 saturated carbocycles. The van der Waals surface area contributed by atoms with Crippen LogP contribution in [0.1, 0.15) is 32.3 Å². The Morgan fingerprint density at radius 1 is 1.14 bits per heavy atom. The number of hydrogen-bond acceptors (Lipinski definition) is 9. The van der Waals surface area contributed by atoms with Gasteiger partial charge < -0.3 is 29.7 Å². The smallest absolute Gasteiger partial charge is 0.316 e. The van der Waals surface area contributed by atoms with Crippen molar-refractivity contribution >= 4 is 23.2 Å². The molecule has 190 valence electrons. The number of aromatic nitrogens is 2. The summed E-state index contributed by atoms with van der Waals surface area (Å²) >= 11 is 0. The van der Waals surface area contributed by atoms with Crippen molar-refractivity contribution in [2.75, 3.05) is 49.2 Å². The highest BCUT2D eigenvalue weighted by molar-refractivity contribution is 5.94. The number of nitrogens with one attached hydrogen (secondary N) is 1. The van der Waals surface area contributed by atoms with Crippen LogP contribution in [0.2, 0.25) is 0 Å². The summed E-state index contributed by atoms with van der Waals surface area (Å²) in [5, 5.41) is 7.13. The Morgan fingerprint density at radius 3 is 2.46 bits per heavy atom. The molecular formula is C24H33FN6O4. The quantitative estimate of drug-likeness (QED) is 0.327. The molecule has 4 rings (SSSR count). The first-order valence-corrected chi connectivity index (χ1v) is 11.3. The van der Waals surface area contributed by atoms with Gasteiger partial charge in [-0.3, -0.25) is 10.2 Å². The molecule has 0 radical (unpaired) electrons. The zero-order chi connectivity index (χ0) is 23.9. The van der Waals surface area contributed by atoms with Crippen LogP contribution in [-0.2, 0) is 20.9 Å². The number of halogens is 1. The van der Waals surface area contributed by atoms with Crippen molar-refractivity contribution in [2.45, 2.75) is 39.4 Å². The maximum atomic E-state index is 15.1. The molecular weight excluding hydrogens is 455 g/mol. The van der Waals surface area contributed by atoms with Crippen LogP contribution in [0.15, 0.2) is 30.6 Å². The van der Waals surface area contributed by atoms with Gasteiger partial charge in [-0.05, 0) is 6.07 Å². The van der Waals surface area contributed by atoms with Crippen LogP contribution in [0, 0.1) is 11.2 Å². The predicted octanol–water partition coefficient (Wildman–Crippen LogP) is 2.51. The SMILES string of the molecule is C.N=C(N)CC(=O)OCc1cccc(N2CCN(c3cnc(OC4CCOCC4)nc3)CC2)c1F. The van der Waals surface area contributed by atoms with Gasteiger partial charge in [0.2, 0.25) is 0 Å². The molecule has 3 heterocycles. The Morgan fingerprint density at radius 2 is 1.80 bits per heavy atom. The van der Waals surface area contributed by atoms with E-state index in [2.05, 4.69) is 14.9 Å². The van der Waals surface area contributed by atoms with Gasteiger partial charge in [0.15, 0.2) is 5.82 Å². The number of anilines is 2. The van der Waals surface area contributed by atoms with Gasteiger partial charge in [0.25, 0.3) is 0 Å². The van der Waals surface area contributed by atoms with Crippen LogP contribution >= 0.6 is 0 Å². The Hall–Kier alpha value is -3.47. The molecule has 2 aliphatic rings. The average Bonchev–Trinajstić information content (AvgIpc) is 2.84. The van der Waals surface area contributed by atoms with Gasteiger partial charge in [0.1, 0.15) is 25.0 Å². The lowest BCUT2D eigenvalue weighted by Gasteiger charge is -2.37. The minimum Gasteiger partial charge on any atom is -0.460 e. The standard InChI is InChI=1S/C23H29FN6O4.CH4/c24-22-16(15-33-21(31)12-20(25)26)2-1-3-19(22)30-8-6-29(7-9-30)17-13-27-23(28-14-17)34-18-4-10-32-11-5-18;/h1-3,13-14,18H,4-12,15H2,(H3,25,26);1H4. The molecule has 2 aliphatic heterocycles. The summed E-state index contributed by atoms with van der Waals surface area (Å²) in [4.78, 5) is 24.4. The molecule has 0 bridgehead atoms. The molecule has 0 aliphatic carbocycles. The van der Waals surface area contributed by atoms with Gasteiger partial charge in [-0.1, -0.05) is 19.6 Å². The zero-order valence-electron chi connectivity index (χ0n) is 18.9. The van der Waals surface area contributed by atoms with E-state index in [0.29, 0.717) is 51.1 Å². The first-order chi connectivity index (χ1) is 16.5. The van der Waals surface area contributed by atoms with E-state index in [1.165, 1.54) is 0 Å². The van der Waals surface area contributed by atoms with E-state index in [0.717, 1.165) is 18.5 Å². The first-order valence-electron chi connectivity index (χ1n) is 11.3. The summed E-state index contributed by atoms with van der Waals surface area (Å²) in [7, 11) is 0. The lowest BCUT2D eigenvalue weighted by Crippen LogP contribution is -2.47. The second-order valence-electron chi connectivity index (χ2n) is 8.24. The van der Waals surface area contributed by atoms with Crippen LogP contribution in [0.25, 0.3) is 0 Å². The summed E-state index contributed by atoms with van der Waals surface area (Å²) in [6, 6.07) is 5.41. The van der Waals surface area contributed by atoms with Gasteiger partial charge >= 0.3 is 12.0 Å². The van der Waals surface area contributed by atoms with Gasteiger partial charge in [0.05, 0.1) is 37.0 Å². The number of benzene rings is 1. The predicted molar refractivity (Wildman–Crippen MR) is 130 cm³/mol. The largest absolute Gasteiger partial charge is 0.460 e. The number of amidine groups is 1. The van der Waals surface area contributed by atoms with Crippen molar-refractivity contribution in [3.8, 4) is 6.01 Å². The summed E-state index contributed by atoms with van der Waals surface area (Å²) in [6.07, 6.45) is 4.97. The monoisotopic (exact) mass is 488 g/mol. The summed E-state index contributed by atoms with van der Waals surface area (Å²) in [5.74, 6) is -1.36. The molecule has 0 spiro atoms. The first kappa shape index (κ1) is 26.1. The normalized spacial score (nSPS) is 16.4. The number of carbonyl (C=O) groups excluding carboxylic acids is 1. The number of piperazine rings is 1. The Kier molecular flexibility index (Phi) is 9.18. The highest BCUT2D eigenvalue weighted by Crippen LogP contribution is 2.26. The van der Waals surface area contributed by atoms with E-state index < -0.39 is 11.8 Å². The van der Waals surface area contributed by atoms with E-state index in [-0.39, 0.29) is 38.0 Å². The summed E-state index contributed by atoms with van der Waals surface area (Å²) in [6.45, 7) is 3.78. The fourth-order valence-corrected chi connectivity index (χ4v) is 3.97. The van der Waals surface area contributed by atoms with Crippen molar-refractivity contribution < 1.29 is 23.4 Å². The van der Waals surface area contributed by atoms with E-state index in [9.17, 15) is 4.79 Å². The van der Waals surface area contributed by atoms with Gasteiger partial charge in [-0.2, -0.15) is 0 Å². The number of nitrogens with zero attached hydrogens (tertiary/aromatic N) is 4. The minimum atomic E-state index is -0.655. The topological polar surface area (TPSA) is 127 Å².